The van der Waals surface area contributed by atoms with Gasteiger partial charge < -0.3 is 0 Å². The summed E-state index contributed by atoms with van der Waals surface area (Å²) in [6, 6.07) is 6.45. The summed E-state index contributed by atoms with van der Waals surface area (Å²) >= 11 is 1.58. The van der Waals surface area contributed by atoms with E-state index in [1.54, 1.807) is 23.9 Å². The van der Waals surface area contributed by atoms with Crippen molar-refractivity contribution in [1.82, 2.24) is 15.1 Å². The SMILES string of the molecule is Cc1nnn2c1SCC(c1cccc([N+](=O)[O-])c1)=N2. The Morgan fingerprint density at radius 3 is 3.11 bits per heavy atom. The molecule has 0 spiro atoms. The molecule has 0 N–H and O–H groups in total. The molecule has 0 amide bonds. The second-order valence-corrected chi connectivity index (χ2v) is 4.98. The van der Waals surface area contributed by atoms with Gasteiger partial charge in [-0.3, -0.25) is 10.1 Å². The van der Waals surface area contributed by atoms with E-state index in [1.807, 2.05) is 6.92 Å². The van der Waals surface area contributed by atoms with Crippen LogP contribution in [0.15, 0.2) is 34.4 Å². The third-order valence-corrected chi connectivity index (χ3v) is 3.87. The number of nitro groups is 1. The van der Waals surface area contributed by atoms with E-state index in [9.17, 15) is 10.1 Å². The van der Waals surface area contributed by atoms with Crippen LogP contribution in [0.5, 0.6) is 0 Å². The summed E-state index contributed by atoms with van der Waals surface area (Å²) in [5.74, 6) is 0.648. The number of benzene rings is 1. The molecule has 2 heterocycles. The van der Waals surface area contributed by atoms with Gasteiger partial charge in [-0.1, -0.05) is 23.9 Å². The van der Waals surface area contributed by atoms with Crippen molar-refractivity contribution in [1.29, 1.82) is 0 Å². The summed E-state index contributed by atoms with van der Waals surface area (Å²) in [5, 5.41) is 23.9. The Morgan fingerprint density at radius 1 is 1.47 bits per heavy atom. The maximum absolute atomic E-state index is 10.8. The largest absolute Gasteiger partial charge is 0.270 e. The zero-order valence-corrected chi connectivity index (χ0v) is 10.8. The van der Waals surface area contributed by atoms with Crippen LogP contribution in [-0.2, 0) is 0 Å². The van der Waals surface area contributed by atoms with E-state index < -0.39 is 4.92 Å². The first-order chi connectivity index (χ1) is 9.15. The number of hydrogen-bond acceptors (Lipinski definition) is 6. The minimum atomic E-state index is -0.412. The van der Waals surface area contributed by atoms with Gasteiger partial charge in [0, 0.05) is 23.4 Å². The highest BCUT2D eigenvalue weighted by atomic mass is 32.2. The highest BCUT2D eigenvalue weighted by Crippen LogP contribution is 2.26. The molecule has 1 aliphatic rings. The summed E-state index contributed by atoms with van der Waals surface area (Å²) in [6.45, 7) is 1.87. The van der Waals surface area contributed by atoms with Gasteiger partial charge in [0.15, 0.2) is 0 Å². The average Bonchev–Trinajstić information content (AvgIpc) is 2.80. The third kappa shape index (κ3) is 2.10. The van der Waals surface area contributed by atoms with Gasteiger partial charge in [-0.25, -0.2) is 0 Å². The number of hydrogen-bond donors (Lipinski definition) is 0. The molecule has 7 nitrogen and oxygen atoms in total. The Bertz CT molecular complexity index is 694. The van der Waals surface area contributed by atoms with Gasteiger partial charge in [0.05, 0.1) is 16.3 Å². The van der Waals surface area contributed by atoms with E-state index in [1.165, 1.54) is 16.9 Å². The minimum Gasteiger partial charge on any atom is -0.258 e. The van der Waals surface area contributed by atoms with Gasteiger partial charge in [-0.05, 0) is 12.1 Å². The van der Waals surface area contributed by atoms with Crippen LogP contribution in [0.1, 0.15) is 11.3 Å². The molecule has 0 saturated heterocycles. The minimum absolute atomic E-state index is 0.0609. The molecule has 0 saturated carbocycles. The average molecular weight is 275 g/mol. The number of aryl methyl sites for hydroxylation is 1. The van der Waals surface area contributed by atoms with Crippen molar-refractivity contribution >= 4 is 23.2 Å². The number of aromatic nitrogens is 3. The van der Waals surface area contributed by atoms with Gasteiger partial charge in [-0.2, -0.15) is 5.10 Å². The molecule has 0 radical (unpaired) electrons. The summed E-state index contributed by atoms with van der Waals surface area (Å²) < 4.78 is 0. The fourth-order valence-corrected chi connectivity index (χ4v) is 2.73. The Balaban J connectivity index is 2.02. The molecule has 19 heavy (non-hydrogen) atoms. The second-order valence-electron chi connectivity index (χ2n) is 4.01. The number of thioether (sulfide) groups is 1. The molecule has 0 aliphatic carbocycles. The third-order valence-electron chi connectivity index (χ3n) is 2.72. The topological polar surface area (TPSA) is 86.2 Å². The Kier molecular flexibility index (Phi) is 2.79. The second kappa shape index (κ2) is 4.47. The Hall–Kier alpha value is -2.22. The summed E-state index contributed by atoms with van der Waals surface area (Å²) in [5.41, 5.74) is 2.39. The highest BCUT2D eigenvalue weighted by Gasteiger charge is 2.19. The van der Waals surface area contributed by atoms with E-state index in [0.29, 0.717) is 5.75 Å². The van der Waals surface area contributed by atoms with Crippen molar-refractivity contribution in [3.05, 3.63) is 45.6 Å². The van der Waals surface area contributed by atoms with Crippen molar-refractivity contribution in [2.45, 2.75) is 11.9 Å². The number of fused-ring (bicyclic) bond motifs is 1. The molecule has 1 aromatic heterocycles. The molecule has 2 aromatic rings. The van der Waals surface area contributed by atoms with Crippen LogP contribution in [0.25, 0.3) is 0 Å². The van der Waals surface area contributed by atoms with Crippen molar-refractivity contribution in [3.63, 3.8) is 0 Å². The molecule has 1 aromatic carbocycles. The summed E-state index contributed by atoms with van der Waals surface area (Å²) in [7, 11) is 0. The lowest BCUT2D eigenvalue weighted by molar-refractivity contribution is -0.384. The summed E-state index contributed by atoms with van der Waals surface area (Å²) in [6.07, 6.45) is 0. The van der Waals surface area contributed by atoms with Gasteiger partial charge in [0.2, 0.25) is 0 Å². The predicted molar refractivity (Wildman–Crippen MR) is 70.5 cm³/mol. The highest BCUT2D eigenvalue weighted by molar-refractivity contribution is 8.00. The van der Waals surface area contributed by atoms with Crippen molar-refractivity contribution < 1.29 is 4.92 Å². The predicted octanol–water partition coefficient (Wildman–Crippen LogP) is 1.85. The van der Waals surface area contributed by atoms with Crippen LogP contribution in [0.3, 0.4) is 0 Å². The molecule has 0 unspecified atom stereocenters. The van der Waals surface area contributed by atoms with E-state index in [2.05, 4.69) is 15.4 Å². The van der Waals surface area contributed by atoms with E-state index in [4.69, 9.17) is 0 Å². The first-order valence-electron chi connectivity index (χ1n) is 5.53. The summed E-state index contributed by atoms with van der Waals surface area (Å²) in [4.78, 5) is 11.8. The van der Waals surface area contributed by atoms with E-state index >= 15 is 0 Å². The smallest absolute Gasteiger partial charge is 0.258 e. The molecule has 0 fully saturated rings. The fourth-order valence-electron chi connectivity index (χ4n) is 1.79. The first kappa shape index (κ1) is 11.8. The zero-order chi connectivity index (χ0) is 13.4. The lowest BCUT2D eigenvalue weighted by Gasteiger charge is -2.12. The maximum atomic E-state index is 10.8. The molecule has 0 bridgehead atoms. The number of nitrogens with zero attached hydrogens (tertiary/aromatic N) is 5. The lowest BCUT2D eigenvalue weighted by Crippen LogP contribution is -2.14. The lowest BCUT2D eigenvalue weighted by atomic mass is 10.1. The van der Waals surface area contributed by atoms with Crippen LogP contribution >= 0.6 is 11.8 Å². The monoisotopic (exact) mass is 275 g/mol. The van der Waals surface area contributed by atoms with Crippen LogP contribution < -0.4 is 0 Å². The van der Waals surface area contributed by atoms with Crippen molar-refractivity contribution in [3.8, 4) is 0 Å². The van der Waals surface area contributed by atoms with Gasteiger partial charge in [0.1, 0.15) is 5.03 Å². The number of nitro benzene ring substituents is 1. The normalized spacial score (nSPS) is 13.8. The molecular weight excluding hydrogens is 266 g/mol. The fraction of sp³-hybridized carbons (Fsp3) is 0.182. The maximum Gasteiger partial charge on any atom is 0.270 e. The molecule has 1 aliphatic heterocycles. The Labute approximate surface area is 112 Å². The molecule has 8 heteroatoms. The van der Waals surface area contributed by atoms with Crippen LogP contribution in [0.2, 0.25) is 0 Å². The number of rotatable bonds is 2. The molecule has 96 valence electrons. The van der Waals surface area contributed by atoms with Crippen molar-refractivity contribution in [2.24, 2.45) is 5.10 Å². The Morgan fingerprint density at radius 2 is 2.32 bits per heavy atom. The quantitative estimate of drug-likeness (QED) is 0.616. The number of non-ortho nitro benzene ring substituents is 1. The molecule has 3 rings (SSSR count). The van der Waals surface area contributed by atoms with E-state index in [-0.39, 0.29) is 5.69 Å². The molecule has 0 atom stereocenters. The van der Waals surface area contributed by atoms with Crippen LogP contribution in [0.4, 0.5) is 5.69 Å². The van der Waals surface area contributed by atoms with Gasteiger partial charge >= 0.3 is 0 Å². The van der Waals surface area contributed by atoms with Crippen LogP contribution in [0, 0.1) is 17.0 Å². The first-order valence-corrected chi connectivity index (χ1v) is 6.51. The van der Waals surface area contributed by atoms with E-state index in [0.717, 1.165) is 22.0 Å². The standard InChI is InChI=1S/C11H9N5O2S/c1-7-11-15(14-12-7)13-10(6-19-11)8-3-2-4-9(5-8)16(17)18/h2-5H,6H2,1H3. The van der Waals surface area contributed by atoms with Gasteiger partial charge in [0.25, 0.3) is 5.69 Å². The zero-order valence-electron chi connectivity index (χ0n) is 9.98. The van der Waals surface area contributed by atoms with Crippen LogP contribution in [-0.4, -0.2) is 31.5 Å². The molecular formula is C11H9N5O2S. The van der Waals surface area contributed by atoms with Gasteiger partial charge in [-0.15, -0.1) is 9.89 Å². The van der Waals surface area contributed by atoms with Crippen molar-refractivity contribution in [2.75, 3.05) is 5.75 Å².